The number of hydrogen-bond donors (Lipinski definition) is 1. The molecule has 1 aliphatic rings. The van der Waals surface area contributed by atoms with E-state index in [0.29, 0.717) is 13.1 Å². The topological polar surface area (TPSA) is 87.8 Å². The van der Waals surface area contributed by atoms with E-state index in [1.165, 1.54) is 5.69 Å². The highest BCUT2D eigenvalue weighted by Crippen LogP contribution is 2.25. The lowest BCUT2D eigenvalue weighted by atomic mass is 9.88. The first kappa shape index (κ1) is 14.2. The molecule has 0 amide bonds. The molecule has 6 nitrogen and oxygen atoms in total. The third kappa shape index (κ3) is 3.41. The van der Waals surface area contributed by atoms with E-state index in [2.05, 4.69) is 38.4 Å². The number of rotatable bonds is 5. The van der Waals surface area contributed by atoms with Gasteiger partial charge >= 0.3 is 0 Å². The molecule has 1 aromatic carbocycles. The highest BCUT2D eigenvalue weighted by molar-refractivity contribution is 5.46. The van der Waals surface area contributed by atoms with Crippen molar-refractivity contribution in [2.45, 2.75) is 18.4 Å². The van der Waals surface area contributed by atoms with E-state index in [-0.39, 0.29) is 0 Å². The van der Waals surface area contributed by atoms with Crippen LogP contribution in [-0.4, -0.2) is 31.7 Å². The van der Waals surface area contributed by atoms with Crippen molar-refractivity contribution in [2.24, 2.45) is 5.11 Å². The number of azide groups is 1. The zero-order valence-corrected chi connectivity index (χ0v) is 11.4. The first-order chi connectivity index (χ1) is 9.79. The summed E-state index contributed by atoms with van der Waals surface area (Å²) in [5, 5.41) is 16.1. The number of nitrogens with one attached hydrogen (secondary N) is 1. The van der Waals surface area contributed by atoms with Crippen LogP contribution in [0.2, 0.25) is 0 Å². The molecular weight excluding hydrogens is 252 g/mol. The molecule has 1 saturated heterocycles. The van der Waals surface area contributed by atoms with Crippen LogP contribution in [0.3, 0.4) is 0 Å². The van der Waals surface area contributed by atoms with Gasteiger partial charge in [-0.15, -0.1) is 0 Å². The summed E-state index contributed by atoms with van der Waals surface area (Å²) in [6.07, 6.45) is 1.54. The van der Waals surface area contributed by atoms with Crippen LogP contribution in [0.5, 0.6) is 0 Å². The third-order valence-corrected chi connectivity index (χ3v) is 3.69. The van der Waals surface area contributed by atoms with Crippen LogP contribution in [-0.2, 0) is 0 Å². The van der Waals surface area contributed by atoms with Crippen molar-refractivity contribution < 1.29 is 0 Å². The highest BCUT2D eigenvalue weighted by atomic mass is 15.2. The second-order valence-corrected chi connectivity index (χ2v) is 4.90. The lowest BCUT2D eigenvalue weighted by molar-refractivity contribution is 0.336. The first-order valence-electron chi connectivity index (χ1n) is 6.77. The molecule has 1 heterocycles. The van der Waals surface area contributed by atoms with Gasteiger partial charge in [-0.05, 0) is 30.5 Å². The molecule has 1 N–H and O–H groups in total. The summed E-state index contributed by atoms with van der Waals surface area (Å²) in [4.78, 5) is 5.01. The predicted molar refractivity (Wildman–Crippen MR) is 78.2 cm³/mol. The van der Waals surface area contributed by atoms with Crippen molar-refractivity contribution in [3.05, 3.63) is 40.8 Å². The van der Waals surface area contributed by atoms with Gasteiger partial charge in [-0.1, -0.05) is 23.3 Å². The van der Waals surface area contributed by atoms with Gasteiger partial charge in [-0.3, -0.25) is 5.32 Å². The van der Waals surface area contributed by atoms with Crippen LogP contribution in [0.1, 0.15) is 12.8 Å². The molecule has 104 valence electrons. The van der Waals surface area contributed by atoms with E-state index in [1.54, 1.807) is 0 Å². The summed E-state index contributed by atoms with van der Waals surface area (Å²) < 4.78 is 0. The number of nitriles is 1. The summed E-state index contributed by atoms with van der Waals surface area (Å²) in [7, 11) is 0. The van der Waals surface area contributed by atoms with Gasteiger partial charge in [0, 0.05) is 36.8 Å². The Bertz CT molecular complexity index is 506. The predicted octanol–water partition coefficient (Wildman–Crippen LogP) is 2.45. The second-order valence-electron chi connectivity index (χ2n) is 4.90. The summed E-state index contributed by atoms with van der Waals surface area (Å²) >= 11 is 0. The molecule has 2 rings (SSSR count). The van der Waals surface area contributed by atoms with Crippen LogP contribution in [0.25, 0.3) is 10.4 Å². The molecule has 0 saturated carbocycles. The monoisotopic (exact) mass is 270 g/mol. The van der Waals surface area contributed by atoms with Crippen molar-refractivity contribution in [2.75, 3.05) is 31.1 Å². The molecule has 1 fully saturated rings. The Morgan fingerprint density at radius 1 is 1.35 bits per heavy atom. The Morgan fingerprint density at radius 2 is 2.05 bits per heavy atom. The van der Waals surface area contributed by atoms with E-state index < -0.39 is 5.54 Å². The number of hydrogen-bond acceptors (Lipinski definition) is 4. The molecule has 0 unspecified atom stereocenters. The first-order valence-corrected chi connectivity index (χ1v) is 6.77. The van der Waals surface area contributed by atoms with Crippen LogP contribution in [0, 0.1) is 11.3 Å². The zero-order chi connectivity index (χ0) is 14.3. The number of para-hydroxylation sites is 1. The lowest BCUT2D eigenvalue weighted by Crippen LogP contribution is -2.53. The second kappa shape index (κ2) is 6.80. The molecule has 0 aromatic heterocycles. The standard InChI is InChI=1S/C14H18N6/c15-12-14(17-8-9-18-19-16)6-10-20(11-7-14)13-4-2-1-3-5-13/h1-5,17H,6-11H2. The van der Waals surface area contributed by atoms with Gasteiger partial charge in [0.25, 0.3) is 0 Å². The number of piperidine rings is 1. The Morgan fingerprint density at radius 3 is 2.65 bits per heavy atom. The molecule has 1 aliphatic heterocycles. The minimum Gasteiger partial charge on any atom is -0.371 e. The summed E-state index contributed by atoms with van der Waals surface area (Å²) in [5.41, 5.74) is 8.96. The van der Waals surface area contributed by atoms with Gasteiger partial charge in [0.15, 0.2) is 0 Å². The van der Waals surface area contributed by atoms with Gasteiger partial charge < -0.3 is 4.90 Å². The fraction of sp³-hybridized carbons (Fsp3) is 0.500. The molecule has 0 spiro atoms. The molecule has 6 heteroatoms. The maximum atomic E-state index is 9.42. The molecular formula is C14H18N6. The Kier molecular flexibility index (Phi) is 4.83. The van der Waals surface area contributed by atoms with Crippen molar-refractivity contribution in [3.63, 3.8) is 0 Å². The van der Waals surface area contributed by atoms with Crippen molar-refractivity contribution in [1.82, 2.24) is 5.32 Å². The number of nitrogens with zero attached hydrogens (tertiary/aromatic N) is 5. The van der Waals surface area contributed by atoms with E-state index >= 15 is 0 Å². The average molecular weight is 270 g/mol. The summed E-state index contributed by atoms with van der Waals surface area (Å²) in [6.45, 7) is 2.63. The van der Waals surface area contributed by atoms with E-state index in [9.17, 15) is 5.26 Å². The van der Waals surface area contributed by atoms with Crippen molar-refractivity contribution in [1.29, 1.82) is 5.26 Å². The maximum absolute atomic E-state index is 9.42. The SMILES string of the molecule is N#CC1(NCCN=[N+]=[N-])CCN(c2ccccc2)CC1. The molecule has 0 atom stereocenters. The van der Waals surface area contributed by atoms with Gasteiger partial charge in [0.2, 0.25) is 0 Å². The fourth-order valence-electron chi connectivity index (χ4n) is 2.50. The minimum atomic E-state index is -0.490. The van der Waals surface area contributed by atoms with E-state index in [4.69, 9.17) is 5.53 Å². The van der Waals surface area contributed by atoms with Crippen LogP contribution >= 0.6 is 0 Å². The minimum absolute atomic E-state index is 0.377. The molecule has 20 heavy (non-hydrogen) atoms. The van der Waals surface area contributed by atoms with E-state index in [1.807, 2.05) is 18.2 Å². The fourth-order valence-corrected chi connectivity index (χ4v) is 2.50. The Labute approximate surface area is 118 Å². The summed E-state index contributed by atoms with van der Waals surface area (Å²) in [6, 6.07) is 12.6. The molecule has 0 aliphatic carbocycles. The van der Waals surface area contributed by atoms with Crippen LogP contribution in [0.15, 0.2) is 35.4 Å². The van der Waals surface area contributed by atoms with Crippen LogP contribution in [0.4, 0.5) is 5.69 Å². The largest absolute Gasteiger partial charge is 0.371 e. The number of anilines is 1. The van der Waals surface area contributed by atoms with E-state index in [0.717, 1.165) is 25.9 Å². The van der Waals surface area contributed by atoms with Crippen molar-refractivity contribution >= 4 is 5.69 Å². The highest BCUT2D eigenvalue weighted by Gasteiger charge is 2.34. The Balaban J connectivity index is 1.91. The van der Waals surface area contributed by atoms with Gasteiger partial charge in [0.1, 0.15) is 5.54 Å². The third-order valence-electron chi connectivity index (χ3n) is 3.69. The smallest absolute Gasteiger partial charge is 0.110 e. The lowest BCUT2D eigenvalue weighted by Gasteiger charge is -2.39. The number of benzene rings is 1. The van der Waals surface area contributed by atoms with Crippen LogP contribution < -0.4 is 10.2 Å². The average Bonchev–Trinajstić information content (AvgIpc) is 2.53. The molecule has 0 radical (unpaired) electrons. The maximum Gasteiger partial charge on any atom is 0.110 e. The van der Waals surface area contributed by atoms with Gasteiger partial charge in [0.05, 0.1) is 6.07 Å². The summed E-state index contributed by atoms with van der Waals surface area (Å²) in [5.74, 6) is 0. The zero-order valence-electron chi connectivity index (χ0n) is 11.4. The molecule has 0 bridgehead atoms. The van der Waals surface area contributed by atoms with Gasteiger partial charge in [-0.2, -0.15) is 5.26 Å². The normalized spacial score (nSPS) is 17.1. The quantitative estimate of drug-likeness (QED) is 0.386. The Hall–Kier alpha value is -2.22. The van der Waals surface area contributed by atoms with Crippen molar-refractivity contribution in [3.8, 4) is 6.07 Å². The molecule has 1 aromatic rings. The van der Waals surface area contributed by atoms with Gasteiger partial charge in [-0.25, -0.2) is 0 Å².